The minimum Gasteiger partial charge on any atom is -0.485 e. The molecule has 0 aliphatic carbocycles. The van der Waals surface area contributed by atoms with Crippen LogP contribution in [0.2, 0.25) is 0 Å². The molecule has 0 saturated carbocycles. The summed E-state index contributed by atoms with van der Waals surface area (Å²) in [6.45, 7) is 0.0854. The lowest BCUT2D eigenvalue weighted by Crippen LogP contribution is -2.51. The van der Waals surface area contributed by atoms with Crippen molar-refractivity contribution < 1.29 is 23.8 Å². The van der Waals surface area contributed by atoms with Crippen LogP contribution in [0, 0.1) is 0 Å². The van der Waals surface area contributed by atoms with Gasteiger partial charge in [0.05, 0.1) is 7.11 Å². The van der Waals surface area contributed by atoms with Gasteiger partial charge in [0.25, 0.3) is 5.91 Å². The summed E-state index contributed by atoms with van der Waals surface area (Å²) in [7, 11) is 1.29. The zero-order valence-electron chi connectivity index (χ0n) is 13.8. The number of amides is 1. The summed E-state index contributed by atoms with van der Waals surface area (Å²) in [6.07, 6.45) is -0.485. The fourth-order valence-electron chi connectivity index (χ4n) is 2.60. The van der Waals surface area contributed by atoms with Crippen LogP contribution in [-0.2, 0) is 20.7 Å². The molecule has 6 heteroatoms. The molecule has 1 N–H and O–H groups in total. The zero-order chi connectivity index (χ0) is 17.6. The summed E-state index contributed by atoms with van der Waals surface area (Å²) in [4.78, 5) is 24.5. The van der Waals surface area contributed by atoms with Gasteiger partial charge in [-0.1, -0.05) is 42.5 Å². The molecule has 6 nitrogen and oxygen atoms in total. The smallest absolute Gasteiger partial charge is 0.328 e. The van der Waals surface area contributed by atoms with Crippen molar-refractivity contribution in [3.05, 3.63) is 60.2 Å². The number of benzene rings is 2. The minimum atomic E-state index is -0.821. The Bertz CT molecular complexity index is 746. The largest absolute Gasteiger partial charge is 0.485 e. The first kappa shape index (κ1) is 16.8. The molecule has 2 atom stereocenters. The van der Waals surface area contributed by atoms with Crippen molar-refractivity contribution in [2.75, 3.05) is 13.7 Å². The Hall–Kier alpha value is -3.02. The van der Waals surface area contributed by atoms with E-state index in [1.807, 2.05) is 36.4 Å². The molecule has 0 spiro atoms. The van der Waals surface area contributed by atoms with E-state index in [0.717, 1.165) is 5.56 Å². The summed E-state index contributed by atoms with van der Waals surface area (Å²) in [5, 5.41) is 2.70. The molecule has 0 fully saturated rings. The summed E-state index contributed by atoms with van der Waals surface area (Å²) in [5.41, 5.74) is 0.921. The first-order chi connectivity index (χ1) is 12.2. The van der Waals surface area contributed by atoms with Crippen molar-refractivity contribution >= 4 is 11.9 Å². The van der Waals surface area contributed by atoms with Crippen molar-refractivity contribution in [1.82, 2.24) is 5.32 Å². The highest BCUT2D eigenvalue weighted by atomic mass is 16.6. The highest BCUT2D eigenvalue weighted by Gasteiger charge is 2.31. The van der Waals surface area contributed by atoms with Gasteiger partial charge in [0.1, 0.15) is 12.6 Å². The molecular weight excluding hydrogens is 322 g/mol. The van der Waals surface area contributed by atoms with E-state index < -0.39 is 24.0 Å². The normalized spacial score (nSPS) is 16.6. The van der Waals surface area contributed by atoms with Crippen molar-refractivity contribution in [2.24, 2.45) is 0 Å². The Morgan fingerprint density at radius 2 is 1.80 bits per heavy atom. The van der Waals surface area contributed by atoms with E-state index in [4.69, 9.17) is 14.2 Å². The first-order valence-electron chi connectivity index (χ1n) is 7.98. The Morgan fingerprint density at radius 1 is 1.12 bits per heavy atom. The third-order valence-corrected chi connectivity index (χ3v) is 3.89. The topological polar surface area (TPSA) is 73.9 Å². The number of ether oxygens (including phenoxy) is 3. The first-order valence-corrected chi connectivity index (χ1v) is 7.98. The summed E-state index contributed by atoms with van der Waals surface area (Å²) in [5.74, 6) is 0.182. The maximum Gasteiger partial charge on any atom is 0.328 e. The molecule has 1 amide bonds. The van der Waals surface area contributed by atoms with Crippen LogP contribution in [-0.4, -0.2) is 37.7 Å². The number of fused-ring (bicyclic) bond motifs is 1. The Labute approximate surface area is 145 Å². The third-order valence-electron chi connectivity index (χ3n) is 3.89. The molecule has 0 saturated heterocycles. The minimum absolute atomic E-state index is 0.0854. The lowest BCUT2D eigenvalue weighted by Gasteiger charge is -2.27. The quantitative estimate of drug-likeness (QED) is 0.839. The lowest BCUT2D eigenvalue weighted by atomic mass is 10.1. The van der Waals surface area contributed by atoms with Gasteiger partial charge < -0.3 is 19.5 Å². The molecule has 0 unspecified atom stereocenters. The number of nitrogens with one attached hydrogen (secondary N) is 1. The molecule has 1 aliphatic heterocycles. The molecule has 3 rings (SSSR count). The van der Waals surface area contributed by atoms with Crippen LogP contribution in [0.3, 0.4) is 0 Å². The van der Waals surface area contributed by atoms with Crippen LogP contribution in [0.5, 0.6) is 11.5 Å². The van der Waals surface area contributed by atoms with E-state index in [-0.39, 0.29) is 6.61 Å². The second kappa shape index (κ2) is 7.70. The second-order valence-electron chi connectivity index (χ2n) is 5.64. The number of methoxy groups -OCH3 is 1. The summed E-state index contributed by atoms with van der Waals surface area (Å²) >= 11 is 0. The van der Waals surface area contributed by atoms with E-state index in [0.29, 0.717) is 17.9 Å². The molecule has 0 bridgehead atoms. The Morgan fingerprint density at radius 3 is 2.52 bits per heavy atom. The van der Waals surface area contributed by atoms with Crippen LogP contribution in [0.4, 0.5) is 0 Å². The molecule has 0 radical (unpaired) electrons. The van der Waals surface area contributed by atoms with Gasteiger partial charge in [-0.15, -0.1) is 0 Å². The molecule has 1 aliphatic rings. The van der Waals surface area contributed by atoms with Crippen LogP contribution in [0.15, 0.2) is 54.6 Å². The molecule has 2 aromatic carbocycles. The van der Waals surface area contributed by atoms with Gasteiger partial charge in [0, 0.05) is 6.42 Å². The molecule has 1 heterocycles. The SMILES string of the molecule is COC(=O)[C@H](Cc1ccccc1)NC(=O)[C@@H]1COc2ccccc2O1. The average molecular weight is 341 g/mol. The number of hydrogen-bond donors (Lipinski definition) is 1. The highest BCUT2D eigenvalue weighted by Crippen LogP contribution is 2.30. The number of rotatable bonds is 5. The number of carbonyl (C=O) groups is 2. The van der Waals surface area contributed by atoms with Gasteiger partial charge in [-0.25, -0.2) is 4.79 Å². The van der Waals surface area contributed by atoms with E-state index in [1.54, 1.807) is 18.2 Å². The van der Waals surface area contributed by atoms with Gasteiger partial charge in [0.15, 0.2) is 11.5 Å². The van der Waals surface area contributed by atoms with Gasteiger partial charge in [-0.05, 0) is 17.7 Å². The van der Waals surface area contributed by atoms with Crippen LogP contribution >= 0.6 is 0 Å². The van der Waals surface area contributed by atoms with E-state index in [1.165, 1.54) is 7.11 Å². The number of esters is 1. The van der Waals surface area contributed by atoms with Gasteiger partial charge in [0.2, 0.25) is 6.10 Å². The molecule has 0 aromatic heterocycles. The maximum atomic E-state index is 12.5. The standard InChI is InChI=1S/C19H19NO5/c1-23-19(22)14(11-13-7-3-2-4-8-13)20-18(21)17-12-24-15-9-5-6-10-16(15)25-17/h2-10,14,17H,11-12H2,1H3,(H,20,21)/t14-,17-/m0/s1. The predicted molar refractivity (Wildman–Crippen MR) is 90.4 cm³/mol. The summed E-state index contributed by atoms with van der Waals surface area (Å²) < 4.78 is 16.0. The zero-order valence-corrected chi connectivity index (χ0v) is 13.8. The monoisotopic (exact) mass is 341 g/mol. The Kier molecular flexibility index (Phi) is 5.18. The molecular formula is C19H19NO5. The van der Waals surface area contributed by atoms with Crippen molar-refractivity contribution in [3.63, 3.8) is 0 Å². The van der Waals surface area contributed by atoms with Crippen molar-refractivity contribution in [1.29, 1.82) is 0 Å². The third kappa shape index (κ3) is 4.09. The summed E-state index contributed by atoms with van der Waals surface area (Å²) in [6, 6.07) is 15.8. The Balaban J connectivity index is 1.67. The maximum absolute atomic E-state index is 12.5. The molecule has 25 heavy (non-hydrogen) atoms. The van der Waals surface area contributed by atoms with Crippen LogP contribution in [0.1, 0.15) is 5.56 Å². The van der Waals surface area contributed by atoms with Crippen LogP contribution in [0.25, 0.3) is 0 Å². The van der Waals surface area contributed by atoms with E-state index in [9.17, 15) is 9.59 Å². The van der Waals surface area contributed by atoms with Crippen molar-refractivity contribution in [3.8, 4) is 11.5 Å². The highest BCUT2D eigenvalue weighted by molar-refractivity contribution is 5.87. The fraction of sp³-hybridized carbons (Fsp3) is 0.263. The van der Waals surface area contributed by atoms with Gasteiger partial charge in [-0.2, -0.15) is 0 Å². The second-order valence-corrected chi connectivity index (χ2v) is 5.64. The van der Waals surface area contributed by atoms with Gasteiger partial charge in [-0.3, -0.25) is 4.79 Å². The fourth-order valence-corrected chi connectivity index (χ4v) is 2.60. The van der Waals surface area contributed by atoms with Crippen molar-refractivity contribution in [2.45, 2.75) is 18.6 Å². The predicted octanol–water partition coefficient (Wildman–Crippen LogP) is 1.73. The number of para-hydroxylation sites is 2. The van der Waals surface area contributed by atoms with E-state index >= 15 is 0 Å². The number of hydrogen-bond acceptors (Lipinski definition) is 5. The lowest BCUT2D eigenvalue weighted by molar-refractivity contribution is -0.146. The van der Waals surface area contributed by atoms with Gasteiger partial charge >= 0.3 is 5.97 Å². The average Bonchev–Trinajstić information content (AvgIpc) is 2.67. The van der Waals surface area contributed by atoms with E-state index in [2.05, 4.69) is 5.32 Å². The molecule has 2 aromatic rings. The van der Waals surface area contributed by atoms with Crippen LogP contribution < -0.4 is 14.8 Å². The number of carbonyl (C=O) groups excluding carboxylic acids is 2. The molecule has 130 valence electrons.